The van der Waals surface area contributed by atoms with Gasteiger partial charge in [-0.2, -0.15) is 0 Å². The number of hydrogen-bond donors (Lipinski definition) is 2. The first-order valence-electron chi connectivity index (χ1n) is 10.2. The topological polar surface area (TPSA) is 137 Å². The van der Waals surface area contributed by atoms with Crippen LogP contribution in [0.4, 0.5) is 4.79 Å². The van der Waals surface area contributed by atoms with Crippen molar-refractivity contribution in [1.29, 1.82) is 0 Å². The van der Waals surface area contributed by atoms with Gasteiger partial charge in [-0.15, -0.1) is 11.8 Å². The minimum Gasteiger partial charge on any atom is -0.435 e. The van der Waals surface area contributed by atoms with Gasteiger partial charge in [0.25, 0.3) is 0 Å². The van der Waals surface area contributed by atoms with Gasteiger partial charge < -0.3 is 30.2 Å². The summed E-state index contributed by atoms with van der Waals surface area (Å²) < 4.78 is 14.0. The summed E-state index contributed by atoms with van der Waals surface area (Å²) in [5.74, 6) is -1.58. The average Bonchev–Trinajstić information content (AvgIpc) is 2.99. The minimum atomic E-state index is -1.18. The molecule has 3 N–H and O–H groups in total. The van der Waals surface area contributed by atoms with Gasteiger partial charge in [-0.25, -0.2) is 9.59 Å². The molecule has 2 amide bonds. The maximum Gasteiger partial charge on any atom is 0.511 e. The molecule has 0 bridgehead atoms. The van der Waals surface area contributed by atoms with Gasteiger partial charge in [0.2, 0.25) is 18.1 Å². The number of ether oxygens (including phenoxy) is 3. The zero-order chi connectivity index (χ0) is 23.6. The normalized spacial score (nSPS) is 25.1. The van der Waals surface area contributed by atoms with E-state index in [1.807, 2.05) is 6.07 Å². The molecule has 11 heteroatoms. The second kappa shape index (κ2) is 9.37. The summed E-state index contributed by atoms with van der Waals surface area (Å²) in [4.78, 5) is 51.0. The smallest absolute Gasteiger partial charge is 0.435 e. The van der Waals surface area contributed by atoms with Crippen LogP contribution >= 0.6 is 11.8 Å². The predicted molar refractivity (Wildman–Crippen MR) is 115 cm³/mol. The second-order valence-corrected chi connectivity index (χ2v) is 9.71. The van der Waals surface area contributed by atoms with Gasteiger partial charge in [-0.1, -0.05) is 30.3 Å². The standard InChI is InChI=1S/C21H27N3O7S/c1-5-29-20(28)31-11(2)30-19(27)15-21(3,4)32-18-14(17(26)24(15)18)23-16(25)13(22)12-9-7-6-8-10-12/h6-11,13-15,18H,5,22H2,1-4H3,(H,23,25)/t11-,13+,14-,15+,18-/m1/s1. The molecule has 2 fully saturated rings. The van der Waals surface area contributed by atoms with Crippen LogP contribution in [0.3, 0.4) is 0 Å². The summed E-state index contributed by atoms with van der Waals surface area (Å²) in [6.07, 6.45) is -2.14. The van der Waals surface area contributed by atoms with E-state index in [2.05, 4.69) is 10.1 Å². The highest BCUT2D eigenvalue weighted by atomic mass is 32.2. The van der Waals surface area contributed by atoms with E-state index in [0.29, 0.717) is 5.56 Å². The Balaban J connectivity index is 1.63. The Hall–Kier alpha value is -2.79. The van der Waals surface area contributed by atoms with Crippen molar-refractivity contribution in [1.82, 2.24) is 10.2 Å². The molecule has 0 saturated carbocycles. The van der Waals surface area contributed by atoms with Crippen molar-refractivity contribution in [2.75, 3.05) is 6.61 Å². The van der Waals surface area contributed by atoms with Crippen LogP contribution in [0, 0.1) is 0 Å². The summed E-state index contributed by atoms with van der Waals surface area (Å²) in [6, 6.07) is 6.21. The fraction of sp³-hybridized carbons (Fsp3) is 0.524. The number of β-lactam (4-membered cyclic amide) rings is 1. The third-order valence-corrected chi connectivity index (χ3v) is 6.78. The molecule has 5 atom stereocenters. The van der Waals surface area contributed by atoms with Gasteiger partial charge in [0, 0.05) is 11.7 Å². The second-order valence-electron chi connectivity index (χ2n) is 7.94. The highest BCUT2D eigenvalue weighted by molar-refractivity contribution is 8.01. The summed E-state index contributed by atoms with van der Waals surface area (Å²) in [5, 5.41) is 2.26. The van der Waals surface area contributed by atoms with E-state index in [-0.39, 0.29) is 6.61 Å². The van der Waals surface area contributed by atoms with Crippen LogP contribution < -0.4 is 11.1 Å². The molecule has 0 spiro atoms. The number of carbonyl (C=O) groups is 4. The summed E-state index contributed by atoms with van der Waals surface area (Å²) in [5.41, 5.74) is 6.65. The number of benzene rings is 1. The first-order valence-corrected chi connectivity index (χ1v) is 11.1. The molecule has 10 nitrogen and oxygen atoms in total. The number of rotatable bonds is 7. The van der Waals surface area contributed by atoms with Gasteiger partial charge in [0.1, 0.15) is 23.5 Å². The van der Waals surface area contributed by atoms with Crippen molar-refractivity contribution in [3.63, 3.8) is 0 Å². The number of carbonyl (C=O) groups excluding carboxylic acids is 4. The third kappa shape index (κ3) is 4.68. The molecular formula is C21H27N3O7S. The highest BCUT2D eigenvalue weighted by Gasteiger charge is 2.64. The fourth-order valence-corrected chi connectivity index (χ4v) is 5.34. The van der Waals surface area contributed by atoms with Crippen molar-refractivity contribution in [2.24, 2.45) is 5.73 Å². The summed E-state index contributed by atoms with van der Waals surface area (Å²) in [7, 11) is 0. The number of fused-ring (bicyclic) bond motifs is 1. The SMILES string of the molecule is CCOC(=O)O[C@H](C)OC(=O)[C@@H]1N2C(=O)[C@@H](NC(=O)[C@@H](N)c3ccccc3)[C@H]2SC1(C)C. The van der Waals surface area contributed by atoms with Crippen molar-refractivity contribution in [3.05, 3.63) is 35.9 Å². The molecule has 0 aromatic heterocycles. The van der Waals surface area contributed by atoms with Gasteiger partial charge in [-0.05, 0) is 26.3 Å². The lowest BCUT2D eigenvalue weighted by Gasteiger charge is -2.44. The Bertz CT molecular complexity index is 895. The van der Waals surface area contributed by atoms with E-state index >= 15 is 0 Å². The zero-order valence-electron chi connectivity index (χ0n) is 18.3. The Morgan fingerprint density at radius 3 is 2.50 bits per heavy atom. The van der Waals surface area contributed by atoms with Crippen molar-refractivity contribution < 1.29 is 33.4 Å². The molecule has 32 heavy (non-hydrogen) atoms. The molecule has 174 valence electrons. The van der Waals surface area contributed by atoms with E-state index in [0.717, 1.165) is 0 Å². The Morgan fingerprint density at radius 1 is 1.22 bits per heavy atom. The van der Waals surface area contributed by atoms with Crippen molar-refractivity contribution in [2.45, 2.75) is 62.2 Å². The highest BCUT2D eigenvalue weighted by Crippen LogP contribution is 2.51. The van der Waals surface area contributed by atoms with Crippen molar-refractivity contribution >= 4 is 35.7 Å². The molecule has 2 heterocycles. The number of esters is 1. The molecule has 3 rings (SSSR count). The van der Waals surface area contributed by atoms with Crippen LogP contribution in [-0.2, 0) is 28.6 Å². The van der Waals surface area contributed by atoms with Crippen molar-refractivity contribution in [3.8, 4) is 0 Å². The maximum atomic E-state index is 12.8. The number of thioether (sulfide) groups is 1. The molecule has 2 saturated heterocycles. The van der Waals surface area contributed by atoms with Crippen LogP contribution in [0.15, 0.2) is 30.3 Å². The first kappa shape index (κ1) is 23.9. The molecule has 0 radical (unpaired) electrons. The molecule has 1 aromatic rings. The van der Waals surface area contributed by atoms with Crippen LogP contribution in [0.1, 0.15) is 39.3 Å². The van der Waals surface area contributed by atoms with E-state index < -0.39 is 58.5 Å². The number of nitrogens with one attached hydrogen (secondary N) is 1. The summed E-state index contributed by atoms with van der Waals surface area (Å²) >= 11 is 1.38. The van der Waals surface area contributed by atoms with Crippen LogP contribution in [-0.4, -0.2) is 63.9 Å². The molecular weight excluding hydrogens is 438 g/mol. The number of nitrogens with two attached hydrogens (primary N) is 1. The van der Waals surface area contributed by atoms with Gasteiger partial charge in [-0.3, -0.25) is 9.59 Å². The molecule has 2 aliphatic rings. The molecule has 0 unspecified atom stereocenters. The van der Waals surface area contributed by atoms with Gasteiger partial charge >= 0.3 is 12.1 Å². The number of hydrogen-bond acceptors (Lipinski definition) is 9. The monoisotopic (exact) mass is 465 g/mol. The maximum absolute atomic E-state index is 12.8. The predicted octanol–water partition coefficient (Wildman–Crippen LogP) is 1.30. The summed E-state index contributed by atoms with van der Waals surface area (Å²) in [6.45, 7) is 6.74. The number of amides is 2. The van der Waals surface area contributed by atoms with Crippen LogP contribution in [0.25, 0.3) is 0 Å². The number of nitrogens with zero attached hydrogens (tertiary/aromatic N) is 1. The first-order chi connectivity index (χ1) is 15.1. The Labute approximate surface area is 190 Å². The average molecular weight is 466 g/mol. The van der Waals surface area contributed by atoms with E-state index in [1.54, 1.807) is 45.0 Å². The molecule has 1 aromatic carbocycles. The largest absolute Gasteiger partial charge is 0.511 e. The quantitative estimate of drug-likeness (QED) is 0.347. The Kier molecular flexibility index (Phi) is 6.99. The van der Waals surface area contributed by atoms with E-state index in [1.165, 1.54) is 23.6 Å². The third-order valence-electron chi connectivity index (χ3n) is 5.21. The lowest BCUT2D eigenvalue weighted by atomic mass is 9.95. The van der Waals surface area contributed by atoms with E-state index in [9.17, 15) is 19.2 Å². The zero-order valence-corrected chi connectivity index (χ0v) is 19.1. The lowest BCUT2D eigenvalue weighted by molar-refractivity contribution is -0.180. The minimum absolute atomic E-state index is 0.122. The van der Waals surface area contributed by atoms with E-state index in [4.69, 9.17) is 15.2 Å². The van der Waals surface area contributed by atoms with Gasteiger partial charge in [0.15, 0.2) is 0 Å². The van der Waals surface area contributed by atoms with Gasteiger partial charge in [0.05, 0.1) is 6.61 Å². The fourth-order valence-electron chi connectivity index (χ4n) is 3.72. The lowest BCUT2D eigenvalue weighted by Crippen LogP contribution is -2.71. The van der Waals surface area contributed by atoms with Crippen LogP contribution in [0.5, 0.6) is 0 Å². The Morgan fingerprint density at radius 2 is 1.88 bits per heavy atom. The molecule has 0 aliphatic carbocycles. The molecule has 2 aliphatic heterocycles. The van der Waals surface area contributed by atoms with Crippen LogP contribution in [0.2, 0.25) is 0 Å².